The standard InChI is InChI=1S/C26H26N4O2/c1-16(2)19-7-9-20(10-8-19)22-24(13-27,14-28)25(15-29)18(4)26(31-22,32-23(25)30)21-11-5-17(3)6-12-21/h5-6,9,11-12,18-19,22,30H,1,7-8,10H2,2-4H3. The lowest BCUT2D eigenvalue weighted by Gasteiger charge is -2.49. The molecule has 0 radical (unpaired) electrons. The minimum atomic E-state index is -1.90. The van der Waals surface area contributed by atoms with Crippen LogP contribution < -0.4 is 0 Å². The average molecular weight is 427 g/mol. The monoisotopic (exact) mass is 426 g/mol. The fourth-order valence-corrected chi connectivity index (χ4v) is 5.53. The SMILES string of the molecule is C=C(C)C1CC=C(C2OC3(c4ccc(C)cc4)OC(=N)C(C#N)(C3C)C2(C#N)C#N)CC1. The van der Waals surface area contributed by atoms with Crippen molar-refractivity contribution in [1.82, 2.24) is 0 Å². The smallest absolute Gasteiger partial charge is 0.244 e. The molecule has 1 aromatic carbocycles. The number of hydrogen-bond donors (Lipinski definition) is 1. The van der Waals surface area contributed by atoms with Crippen molar-refractivity contribution in [2.24, 2.45) is 22.7 Å². The third-order valence-electron chi connectivity index (χ3n) is 7.60. The first-order valence-corrected chi connectivity index (χ1v) is 10.8. The molecule has 2 fully saturated rings. The van der Waals surface area contributed by atoms with Gasteiger partial charge in [-0.1, -0.05) is 55.0 Å². The predicted octanol–water partition coefficient (Wildman–Crippen LogP) is 5.04. The van der Waals surface area contributed by atoms with Gasteiger partial charge in [0, 0.05) is 5.56 Å². The Morgan fingerprint density at radius 2 is 1.81 bits per heavy atom. The highest BCUT2D eigenvalue weighted by atomic mass is 16.7. The normalized spacial score (nSPS) is 34.9. The fourth-order valence-electron chi connectivity index (χ4n) is 5.53. The molecule has 1 aromatic rings. The molecule has 32 heavy (non-hydrogen) atoms. The van der Waals surface area contributed by atoms with Crippen LogP contribution >= 0.6 is 0 Å². The third-order valence-corrected chi connectivity index (χ3v) is 7.60. The van der Waals surface area contributed by atoms with Crippen LogP contribution in [0.2, 0.25) is 0 Å². The summed E-state index contributed by atoms with van der Waals surface area (Å²) in [7, 11) is 0. The molecular formula is C26H26N4O2. The van der Waals surface area contributed by atoms with Gasteiger partial charge >= 0.3 is 0 Å². The van der Waals surface area contributed by atoms with Gasteiger partial charge in [-0.15, -0.1) is 0 Å². The molecular weight excluding hydrogens is 400 g/mol. The van der Waals surface area contributed by atoms with Crippen LogP contribution in [-0.4, -0.2) is 12.0 Å². The van der Waals surface area contributed by atoms with Gasteiger partial charge in [0.2, 0.25) is 17.1 Å². The molecule has 5 atom stereocenters. The maximum absolute atomic E-state index is 10.4. The van der Waals surface area contributed by atoms with Gasteiger partial charge in [-0.3, -0.25) is 5.41 Å². The van der Waals surface area contributed by atoms with Gasteiger partial charge in [0.1, 0.15) is 6.10 Å². The van der Waals surface area contributed by atoms with Crippen molar-refractivity contribution in [3.63, 3.8) is 0 Å². The first-order chi connectivity index (χ1) is 15.2. The van der Waals surface area contributed by atoms with Crippen molar-refractivity contribution in [2.45, 2.75) is 51.9 Å². The minimum Gasteiger partial charge on any atom is -0.443 e. The van der Waals surface area contributed by atoms with Crippen molar-refractivity contribution >= 4 is 5.90 Å². The van der Waals surface area contributed by atoms with Gasteiger partial charge in [-0.05, 0) is 44.6 Å². The van der Waals surface area contributed by atoms with E-state index in [1.165, 1.54) is 0 Å². The van der Waals surface area contributed by atoms with Gasteiger partial charge in [-0.2, -0.15) is 15.8 Å². The summed E-state index contributed by atoms with van der Waals surface area (Å²) in [5, 5.41) is 39.7. The number of rotatable bonds is 3. The zero-order valence-electron chi connectivity index (χ0n) is 18.6. The molecule has 6 heteroatoms. The maximum Gasteiger partial charge on any atom is 0.244 e. The van der Waals surface area contributed by atoms with E-state index >= 15 is 0 Å². The van der Waals surface area contributed by atoms with Crippen LogP contribution in [0.15, 0.2) is 48.1 Å². The van der Waals surface area contributed by atoms with E-state index in [0.717, 1.165) is 29.6 Å². The number of ether oxygens (including phenoxy) is 2. The topological polar surface area (TPSA) is 114 Å². The van der Waals surface area contributed by atoms with E-state index in [9.17, 15) is 15.8 Å². The molecule has 4 rings (SSSR count). The summed E-state index contributed by atoms with van der Waals surface area (Å²) in [5.41, 5.74) is -0.0227. The van der Waals surface area contributed by atoms with Crippen molar-refractivity contribution < 1.29 is 9.47 Å². The number of fused-ring (bicyclic) bond motifs is 2. The molecule has 2 aliphatic heterocycles. The van der Waals surface area contributed by atoms with Gasteiger partial charge in [0.15, 0.2) is 5.41 Å². The molecule has 2 bridgehead atoms. The van der Waals surface area contributed by atoms with Crippen LogP contribution in [0.5, 0.6) is 0 Å². The number of allylic oxidation sites excluding steroid dienone is 2. The molecule has 0 spiro atoms. The highest BCUT2D eigenvalue weighted by Gasteiger charge is 2.79. The molecule has 162 valence electrons. The van der Waals surface area contributed by atoms with Gasteiger partial charge in [0.05, 0.1) is 24.1 Å². The second-order valence-electron chi connectivity index (χ2n) is 9.23. The lowest BCUT2D eigenvalue weighted by atomic mass is 9.53. The number of benzene rings is 1. The summed E-state index contributed by atoms with van der Waals surface area (Å²) in [6, 6.07) is 14.0. The van der Waals surface area contributed by atoms with Crippen molar-refractivity contribution in [3.8, 4) is 18.2 Å². The Labute approximate surface area is 188 Å². The van der Waals surface area contributed by atoms with Crippen LogP contribution in [0, 0.1) is 69.0 Å². The fraction of sp³-hybridized carbons (Fsp3) is 0.462. The number of hydrogen-bond acceptors (Lipinski definition) is 6. The maximum atomic E-state index is 10.4. The summed E-state index contributed by atoms with van der Waals surface area (Å²) in [6.07, 6.45) is 3.23. The highest BCUT2D eigenvalue weighted by molar-refractivity contribution is 5.89. The van der Waals surface area contributed by atoms with E-state index in [2.05, 4.69) is 24.8 Å². The first-order valence-electron chi connectivity index (χ1n) is 10.8. The van der Waals surface area contributed by atoms with E-state index in [4.69, 9.17) is 14.9 Å². The van der Waals surface area contributed by atoms with E-state index in [-0.39, 0.29) is 5.90 Å². The zero-order valence-corrected chi connectivity index (χ0v) is 18.6. The largest absolute Gasteiger partial charge is 0.443 e. The third kappa shape index (κ3) is 2.56. The van der Waals surface area contributed by atoms with Crippen molar-refractivity contribution in [1.29, 1.82) is 21.2 Å². The van der Waals surface area contributed by atoms with Crippen LogP contribution in [0.3, 0.4) is 0 Å². The van der Waals surface area contributed by atoms with E-state index in [0.29, 0.717) is 17.9 Å². The molecule has 0 saturated carbocycles. The predicted molar refractivity (Wildman–Crippen MR) is 118 cm³/mol. The molecule has 0 amide bonds. The molecule has 2 heterocycles. The van der Waals surface area contributed by atoms with Crippen LogP contribution in [0.25, 0.3) is 0 Å². The van der Waals surface area contributed by atoms with E-state index < -0.39 is 28.6 Å². The quantitative estimate of drug-likeness (QED) is 0.680. The van der Waals surface area contributed by atoms with Crippen LogP contribution in [-0.2, 0) is 15.3 Å². The molecule has 5 unspecified atom stereocenters. The molecule has 1 aliphatic carbocycles. The van der Waals surface area contributed by atoms with Crippen molar-refractivity contribution in [3.05, 3.63) is 59.2 Å². The van der Waals surface area contributed by atoms with Crippen molar-refractivity contribution in [2.75, 3.05) is 0 Å². The molecule has 1 N–H and O–H groups in total. The second-order valence-corrected chi connectivity index (χ2v) is 9.23. The van der Waals surface area contributed by atoms with Gasteiger partial charge in [-0.25, -0.2) is 0 Å². The Bertz CT molecular complexity index is 1130. The molecule has 0 aromatic heterocycles. The van der Waals surface area contributed by atoms with Gasteiger partial charge < -0.3 is 9.47 Å². The Kier molecular flexibility index (Phi) is 5.00. The van der Waals surface area contributed by atoms with E-state index in [1.807, 2.05) is 44.2 Å². The Morgan fingerprint density at radius 3 is 2.31 bits per heavy atom. The van der Waals surface area contributed by atoms with Crippen LogP contribution in [0.4, 0.5) is 0 Å². The number of nitriles is 3. The lowest BCUT2D eigenvalue weighted by molar-refractivity contribution is -0.276. The molecule has 3 aliphatic rings. The summed E-state index contributed by atoms with van der Waals surface area (Å²) < 4.78 is 12.6. The zero-order chi connectivity index (χ0) is 23.3. The Morgan fingerprint density at radius 1 is 1.16 bits per heavy atom. The minimum absolute atomic E-state index is 0.335. The average Bonchev–Trinajstić information content (AvgIpc) is 2.96. The Hall–Kier alpha value is -3.40. The van der Waals surface area contributed by atoms with Crippen LogP contribution in [0.1, 0.15) is 44.2 Å². The Balaban J connectivity index is 1.93. The number of nitrogens with one attached hydrogen (secondary N) is 1. The summed E-state index contributed by atoms with van der Waals surface area (Å²) in [6.45, 7) is 9.76. The molecule has 6 nitrogen and oxygen atoms in total. The summed E-state index contributed by atoms with van der Waals surface area (Å²) >= 11 is 0. The first kappa shape index (κ1) is 21.8. The number of aryl methyl sites for hydroxylation is 1. The number of nitrogens with zero attached hydrogens (tertiary/aromatic N) is 3. The van der Waals surface area contributed by atoms with E-state index in [1.54, 1.807) is 6.92 Å². The molecule has 2 saturated heterocycles. The van der Waals surface area contributed by atoms with Gasteiger partial charge in [0.25, 0.3) is 0 Å². The second kappa shape index (κ2) is 7.33. The summed E-state index contributed by atoms with van der Waals surface area (Å²) in [5.74, 6) is -2.20. The lowest BCUT2D eigenvalue weighted by Crippen LogP contribution is -2.61. The highest BCUT2D eigenvalue weighted by Crippen LogP contribution is 2.66. The summed E-state index contributed by atoms with van der Waals surface area (Å²) in [4.78, 5) is 0.